The summed E-state index contributed by atoms with van der Waals surface area (Å²) in [6.45, 7) is 10.2. The van der Waals surface area contributed by atoms with Crippen molar-refractivity contribution in [1.82, 2.24) is 4.90 Å². The fraction of sp³-hybridized carbons (Fsp3) is 0.588. The van der Waals surface area contributed by atoms with Gasteiger partial charge in [0.1, 0.15) is 0 Å². The number of carboxylic acid groups (broad SMARTS) is 1. The highest BCUT2D eigenvalue weighted by Gasteiger charge is 2.39. The van der Waals surface area contributed by atoms with E-state index in [1.807, 2.05) is 30.3 Å². The molecule has 4 nitrogen and oxygen atoms in total. The third-order valence-corrected chi connectivity index (χ3v) is 3.70. The second-order valence-corrected chi connectivity index (χ2v) is 7.09. The largest absolute Gasteiger partial charge is 0.481 e. The quantitative estimate of drug-likeness (QED) is 0.926. The van der Waals surface area contributed by atoms with Crippen LogP contribution in [0.4, 0.5) is 0 Å². The second kappa shape index (κ2) is 5.78. The molecule has 1 aliphatic rings. The summed E-state index contributed by atoms with van der Waals surface area (Å²) >= 11 is 0. The van der Waals surface area contributed by atoms with E-state index in [4.69, 9.17) is 4.74 Å². The first kappa shape index (κ1) is 16.0. The van der Waals surface area contributed by atoms with Crippen molar-refractivity contribution in [2.45, 2.75) is 44.8 Å². The molecule has 1 aliphatic heterocycles. The van der Waals surface area contributed by atoms with Crippen molar-refractivity contribution < 1.29 is 14.6 Å². The number of aliphatic carboxylic acids is 1. The smallest absolute Gasteiger partial charge is 0.312 e. The lowest BCUT2D eigenvalue weighted by atomic mass is 9.94. The van der Waals surface area contributed by atoms with E-state index in [1.165, 1.54) is 0 Å². The Balaban J connectivity index is 2.16. The van der Waals surface area contributed by atoms with Gasteiger partial charge >= 0.3 is 5.97 Å². The van der Waals surface area contributed by atoms with E-state index in [9.17, 15) is 9.90 Å². The van der Waals surface area contributed by atoms with Crippen LogP contribution in [0.15, 0.2) is 30.3 Å². The van der Waals surface area contributed by atoms with Crippen LogP contribution >= 0.6 is 0 Å². The number of carboxylic acids is 1. The van der Waals surface area contributed by atoms with Crippen LogP contribution in [0, 0.1) is 0 Å². The van der Waals surface area contributed by atoms with Crippen LogP contribution in [0.1, 0.15) is 39.2 Å². The molecular weight excluding hydrogens is 266 g/mol. The molecule has 0 radical (unpaired) electrons. The monoisotopic (exact) mass is 291 g/mol. The average molecular weight is 291 g/mol. The molecule has 4 heteroatoms. The molecule has 2 rings (SSSR count). The van der Waals surface area contributed by atoms with Gasteiger partial charge in [-0.15, -0.1) is 0 Å². The summed E-state index contributed by atoms with van der Waals surface area (Å²) in [5.41, 5.74) is 0.329. The molecule has 1 heterocycles. The maximum absolute atomic E-state index is 11.6. The first-order valence-corrected chi connectivity index (χ1v) is 7.39. The molecular formula is C17H25NO3. The Bertz CT molecular complexity index is 480. The number of morpholine rings is 1. The molecule has 1 aromatic carbocycles. The predicted octanol–water partition coefficient (Wildman–Crippen LogP) is 2.74. The van der Waals surface area contributed by atoms with Crippen LogP contribution in [-0.2, 0) is 9.53 Å². The summed E-state index contributed by atoms with van der Waals surface area (Å²) in [6.07, 6.45) is 0. The van der Waals surface area contributed by atoms with Gasteiger partial charge in [0.2, 0.25) is 0 Å². The minimum atomic E-state index is -0.775. The molecule has 0 saturated carbocycles. The van der Waals surface area contributed by atoms with Crippen molar-refractivity contribution in [2.24, 2.45) is 0 Å². The fourth-order valence-corrected chi connectivity index (χ4v) is 3.34. The maximum atomic E-state index is 11.6. The van der Waals surface area contributed by atoms with Crippen molar-refractivity contribution in [3.8, 4) is 0 Å². The minimum absolute atomic E-state index is 0.262. The first-order chi connectivity index (χ1) is 9.69. The number of hydrogen-bond donors (Lipinski definition) is 1. The van der Waals surface area contributed by atoms with E-state index in [1.54, 1.807) is 0 Å². The van der Waals surface area contributed by atoms with E-state index < -0.39 is 11.9 Å². The summed E-state index contributed by atoms with van der Waals surface area (Å²) in [6, 6.07) is 9.45. The molecule has 0 bridgehead atoms. The Morgan fingerprint density at radius 3 is 2.19 bits per heavy atom. The Kier molecular flexibility index (Phi) is 4.40. The third-order valence-electron chi connectivity index (χ3n) is 3.70. The van der Waals surface area contributed by atoms with Crippen LogP contribution < -0.4 is 0 Å². The number of carbonyl (C=O) groups is 1. The van der Waals surface area contributed by atoms with Gasteiger partial charge in [-0.2, -0.15) is 0 Å². The molecule has 1 saturated heterocycles. The Hall–Kier alpha value is -1.39. The van der Waals surface area contributed by atoms with Crippen LogP contribution in [0.5, 0.6) is 0 Å². The Morgan fingerprint density at radius 1 is 1.19 bits per heavy atom. The lowest BCUT2D eigenvalue weighted by Gasteiger charge is -2.47. The predicted molar refractivity (Wildman–Crippen MR) is 82.5 cm³/mol. The van der Waals surface area contributed by atoms with E-state index in [-0.39, 0.29) is 11.2 Å². The molecule has 1 atom stereocenters. The Morgan fingerprint density at radius 2 is 1.71 bits per heavy atom. The van der Waals surface area contributed by atoms with E-state index in [0.29, 0.717) is 6.54 Å². The normalized spacial score (nSPS) is 22.7. The van der Waals surface area contributed by atoms with Crippen molar-refractivity contribution in [3.63, 3.8) is 0 Å². The van der Waals surface area contributed by atoms with E-state index in [2.05, 4.69) is 32.6 Å². The van der Waals surface area contributed by atoms with Gasteiger partial charge in [0.25, 0.3) is 0 Å². The summed E-state index contributed by atoms with van der Waals surface area (Å²) in [4.78, 5) is 13.8. The summed E-state index contributed by atoms with van der Waals surface area (Å²) in [5, 5.41) is 9.56. The van der Waals surface area contributed by atoms with Gasteiger partial charge in [0.15, 0.2) is 0 Å². The van der Waals surface area contributed by atoms with Crippen molar-refractivity contribution in [2.75, 3.05) is 19.6 Å². The molecule has 1 unspecified atom stereocenters. The van der Waals surface area contributed by atoms with Gasteiger partial charge in [-0.25, -0.2) is 0 Å². The lowest BCUT2D eigenvalue weighted by Crippen LogP contribution is -2.58. The highest BCUT2D eigenvalue weighted by molar-refractivity contribution is 5.76. The number of rotatable bonds is 4. The van der Waals surface area contributed by atoms with Gasteiger partial charge in [0, 0.05) is 19.6 Å². The SMILES string of the molecule is CC1(C)CN(CC(C(=O)O)c2ccccc2)CC(C)(C)O1. The van der Waals surface area contributed by atoms with Crippen LogP contribution in [0.2, 0.25) is 0 Å². The molecule has 0 aromatic heterocycles. The zero-order chi connectivity index (χ0) is 15.7. The topological polar surface area (TPSA) is 49.8 Å². The summed E-state index contributed by atoms with van der Waals surface area (Å²) in [5.74, 6) is -1.28. The Labute approximate surface area is 126 Å². The molecule has 116 valence electrons. The summed E-state index contributed by atoms with van der Waals surface area (Å²) < 4.78 is 6.05. The first-order valence-electron chi connectivity index (χ1n) is 7.39. The second-order valence-electron chi connectivity index (χ2n) is 7.09. The van der Waals surface area contributed by atoms with E-state index in [0.717, 1.165) is 18.7 Å². The van der Waals surface area contributed by atoms with Gasteiger partial charge in [-0.05, 0) is 33.3 Å². The number of benzene rings is 1. The van der Waals surface area contributed by atoms with Crippen molar-refractivity contribution in [1.29, 1.82) is 0 Å². The molecule has 0 spiro atoms. The highest BCUT2D eigenvalue weighted by Crippen LogP contribution is 2.29. The molecule has 0 aliphatic carbocycles. The maximum Gasteiger partial charge on any atom is 0.312 e. The number of hydrogen-bond acceptors (Lipinski definition) is 3. The summed E-state index contributed by atoms with van der Waals surface area (Å²) in [7, 11) is 0. The standard InChI is InChI=1S/C17H25NO3/c1-16(2)11-18(12-17(3,4)21-16)10-14(15(19)20)13-8-6-5-7-9-13/h5-9,14H,10-12H2,1-4H3,(H,19,20). The molecule has 0 amide bonds. The van der Waals surface area contributed by atoms with Crippen molar-refractivity contribution >= 4 is 5.97 Å². The van der Waals surface area contributed by atoms with Gasteiger partial charge in [-0.1, -0.05) is 30.3 Å². The molecule has 21 heavy (non-hydrogen) atoms. The fourth-order valence-electron chi connectivity index (χ4n) is 3.34. The minimum Gasteiger partial charge on any atom is -0.481 e. The lowest BCUT2D eigenvalue weighted by molar-refractivity contribution is -0.182. The zero-order valence-corrected chi connectivity index (χ0v) is 13.3. The van der Waals surface area contributed by atoms with Crippen LogP contribution in [0.3, 0.4) is 0 Å². The number of ether oxygens (including phenoxy) is 1. The van der Waals surface area contributed by atoms with Crippen LogP contribution in [0.25, 0.3) is 0 Å². The van der Waals surface area contributed by atoms with Gasteiger partial charge < -0.3 is 9.84 Å². The highest BCUT2D eigenvalue weighted by atomic mass is 16.5. The zero-order valence-electron chi connectivity index (χ0n) is 13.3. The van der Waals surface area contributed by atoms with Crippen LogP contribution in [-0.4, -0.2) is 46.8 Å². The molecule has 1 N–H and O–H groups in total. The van der Waals surface area contributed by atoms with Crippen molar-refractivity contribution in [3.05, 3.63) is 35.9 Å². The third kappa shape index (κ3) is 4.29. The number of nitrogens with zero attached hydrogens (tertiary/aromatic N) is 1. The van der Waals surface area contributed by atoms with E-state index >= 15 is 0 Å². The average Bonchev–Trinajstić information content (AvgIpc) is 2.33. The van der Waals surface area contributed by atoms with Gasteiger partial charge in [0.05, 0.1) is 17.1 Å². The van der Waals surface area contributed by atoms with Gasteiger partial charge in [-0.3, -0.25) is 9.69 Å². The molecule has 1 aromatic rings. The molecule has 1 fully saturated rings.